The second-order valence-electron chi connectivity index (χ2n) is 9.57. The van der Waals surface area contributed by atoms with E-state index < -0.39 is 0 Å². The molecule has 0 radical (unpaired) electrons. The van der Waals surface area contributed by atoms with Gasteiger partial charge in [0, 0.05) is 12.1 Å². The molecule has 4 fully saturated rings. The molecule has 0 aromatic carbocycles. The molecule has 4 rings (SSSR count). The minimum atomic E-state index is 0.487. The molecule has 0 N–H and O–H groups in total. The van der Waals surface area contributed by atoms with Crippen molar-refractivity contribution in [2.45, 2.75) is 78.1 Å². The van der Waals surface area contributed by atoms with Gasteiger partial charge in [0.2, 0.25) is 0 Å². The van der Waals surface area contributed by atoms with Crippen LogP contribution in [0.3, 0.4) is 0 Å². The first kappa shape index (κ1) is 16.0. The Kier molecular flexibility index (Phi) is 4.01. The van der Waals surface area contributed by atoms with Gasteiger partial charge in [-0.05, 0) is 85.9 Å². The summed E-state index contributed by atoms with van der Waals surface area (Å²) >= 11 is 0. The van der Waals surface area contributed by atoms with E-state index in [0.717, 1.165) is 23.7 Å². The van der Waals surface area contributed by atoms with Gasteiger partial charge < -0.3 is 4.84 Å². The topological polar surface area (TPSA) is 21.6 Å². The maximum absolute atomic E-state index is 4.99. The van der Waals surface area contributed by atoms with Crippen molar-refractivity contribution in [3.63, 3.8) is 0 Å². The van der Waals surface area contributed by atoms with Crippen molar-refractivity contribution in [1.29, 1.82) is 0 Å². The maximum Gasteiger partial charge on any atom is 0.106 e. The van der Waals surface area contributed by atoms with Crippen LogP contribution >= 0.6 is 0 Å². The number of hydrogen-bond donors (Lipinski definition) is 0. The Hall–Kier alpha value is -0.530. The van der Waals surface area contributed by atoms with Crippen LogP contribution in [0.5, 0.6) is 0 Å². The summed E-state index contributed by atoms with van der Waals surface area (Å²) in [5.41, 5.74) is 1.16. The fourth-order valence-electron chi connectivity index (χ4n) is 7.72. The number of hydrogen-bond acceptors (Lipinski definition) is 2. The fourth-order valence-corrected chi connectivity index (χ4v) is 7.72. The van der Waals surface area contributed by atoms with Gasteiger partial charge in [0.25, 0.3) is 0 Å². The molecule has 130 valence electrons. The number of fused-ring (bicyclic) bond motifs is 5. The van der Waals surface area contributed by atoms with Gasteiger partial charge >= 0.3 is 0 Å². The van der Waals surface area contributed by atoms with Gasteiger partial charge in [0.15, 0.2) is 0 Å². The van der Waals surface area contributed by atoms with Gasteiger partial charge in [-0.2, -0.15) is 0 Å². The minimum Gasteiger partial charge on any atom is -0.399 e. The average Bonchev–Trinajstić information content (AvgIpc) is 2.89. The Morgan fingerprint density at radius 3 is 2.52 bits per heavy atom. The van der Waals surface area contributed by atoms with Crippen molar-refractivity contribution in [3.8, 4) is 0 Å². The molecule has 4 aliphatic carbocycles. The van der Waals surface area contributed by atoms with Gasteiger partial charge in [0.1, 0.15) is 7.11 Å². The molecule has 0 bridgehead atoms. The lowest BCUT2D eigenvalue weighted by atomic mass is 9.45. The Morgan fingerprint density at radius 2 is 1.70 bits per heavy atom. The molecule has 0 aromatic rings. The van der Waals surface area contributed by atoms with Gasteiger partial charge in [0.05, 0.1) is 0 Å². The molecule has 0 aliphatic heterocycles. The van der Waals surface area contributed by atoms with Crippen LogP contribution in [0.25, 0.3) is 0 Å². The molecule has 0 amide bonds. The standard InChI is InChI=1S/C21H35NO/c1-20-12-5-4-6-15(20)7-9-17-18-10-8-16(14-22-23-3)21(18,2)13-11-19(17)20/h14-19H,4-13H2,1-3H3/b22-14+/t15-,16+,17-,18-,19-,20-,21+/m0/s1. The molecule has 4 aliphatic rings. The minimum absolute atomic E-state index is 0.487. The first-order valence-corrected chi connectivity index (χ1v) is 10.2. The van der Waals surface area contributed by atoms with Gasteiger partial charge in [-0.1, -0.05) is 31.8 Å². The second-order valence-corrected chi connectivity index (χ2v) is 9.57. The van der Waals surface area contributed by atoms with E-state index in [9.17, 15) is 0 Å². The summed E-state index contributed by atoms with van der Waals surface area (Å²) in [6.07, 6.45) is 16.8. The van der Waals surface area contributed by atoms with E-state index in [1.165, 1.54) is 64.2 Å². The van der Waals surface area contributed by atoms with E-state index in [1.807, 2.05) is 0 Å². The van der Waals surface area contributed by atoms with Crippen molar-refractivity contribution in [3.05, 3.63) is 0 Å². The highest BCUT2D eigenvalue weighted by Gasteiger charge is 2.59. The Morgan fingerprint density at radius 1 is 0.870 bits per heavy atom. The molecule has 23 heavy (non-hydrogen) atoms. The lowest BCUT2D eigenvalue weighted by molar-refractivity contribution is -0.106. The van der Waals surface area contributed by atoms with E-state index in [4.69, 9.17) is 4.84 Å². The first-order valence-electron chi connectivity index (χ1n) is 10.2. The predicted molar refractivity (Wildman–Crippen MR) is 95.3 cm³/mol. The Bertz CT molecular complexity index is 474. The highest BCUT2D eigenvalue weighted by Crippen LogP contribution is 2.67. The molecular formula is C21H35NO. The Labute approximate surface area is 142 Å². The molecule has 2 heteroatoms. The summed E-state index contributed by atoms with van der Waals surface area (Å²) < 4.78 is 0. The molecule has 2 nitrogen and oxygen atoms in total. The van der Waals surface area contributed by atoms with Gasteiger partial charge in [-0.15, -0.1) is 0 Å². The third-order valence-corrected chi connectivity index (χ3v) is 9.00. The van der Waals surface area contributed by atoms with E-state index in [2.05, 4.69) is 25.2 Å². The van der Waals surface area contributed by atoms with Crippen LogP contribution in [0.4, 0.5) is 0 Å². The largest absolute Gasteiger partial charge is 0.399 e. The zero-order valence-corrected chi connectivity index (χ0v) is 15.4. The average molecular weight is 318 g/mol. The molecular weight excluding hydrogens is 282 g/mol. The number of oxime groups is 1. The van der Waals surface area contributed by atoms with Crippen LogP contribution in [-0.4, -0.2) is 13.3 Å². The lowest BCUT2D eigenvalue weighted by Crippen LogP contribution is -2.52. The van der Waals surface area contributed by atoms with Crippen molar-refractivity contribution in [1.82, 2.24) is 0 Å². The van der Waals surface area contributed by atoms with Crippen LogP contribution in [0.2, 0.25) is 0 Å². The predicted octanol–water partition coefficient (Wildman–Crippen LogP) is 5.67. The second kappa shape index (κ2) is 5.77. The van der Waals surface area contributed by atoms with E-state index in [-0.39, 0.29) is 0 Å². The van der Waals surface area contributed by atoms with Crippen LogP contribution in [0, 0.1) is 40.4 Å². The number of nitrogens with zero attached hydrogens (tertiary/aromatic N) is 1. The first-order chi connectivity index (χ1) is 11.1. The van der Waals surface area contributed by atoms with Crippen LogP contribution < -0.4 is 0 Å². The molecule has 0 aromatic heterocycles. The molecule has 7 atom stereocenters. The van der Waals surface area contributed by atoms with Crippen LogP contribution in [0.1, 0.15) is 78.1 Å². The zero-order chi connectivity index (χ0) is 16.1. The Balaban J connectivity index is 1.59. The van der Waals surface area contributed by atoms with Gasteiger partial charge in [-0.25, -0.2) is 0 Å². The van der Waals surface area contributed by atoms with Crippen molar-refractivity contribution in [2.24, 2.45) is 45.6 Å². The van der Waals surface area contributed by atoms with Gasteiger partial charge in [-0.3, -0.25) is 0 Å². The molecule has 0 saturated heterocycles. The summed E-state index contributed by atoms with van der Waals surface area (Å²) in [5, 5.41) is 4.15. The summed E-state index contributed by atoms with van der Waals surface area (Å²) in [7, 11) is 1.67. The molecule has 0 unspecified atom stereocenters. The summed E-state index contributed by atoms with van der Waals surface area (Å²) in [6.45, 7) is 5.25. The molecule has 0 spiro atoms. The molecule has 4 saturated carbocycles. The SMILES string of the molecule is CO/N=C/[C@H]1CC[C@H]2[C@@H]3CC[C@@H]4CCCC[C@]4(C)[C@H]3CC[C@]12C. The quantitative estimate of drug-likeness (QED) is 0.475. The van der Waals surface area contributed by atoms with E-state index >= 15 is 0 Å². The summed E-state index contributed by atoms with van der Waals surface area (Å²) in [4.78, 5) is 4.99. The third-order valence-electron chi connectivity index (χ3n) is 9.00. The van der Waals surface area contributed by atoms with E-state index in [1.54, 1.807) is 7.11 Å². The third kappa shape index (κ3) is 2.30. The van der Waals surface area contributed by atoms with Crippen LogP contribution in [-0.2, 0) is 4.84 Å². The van der Waals surface area contributed by atoms with Crippen molar-refractivity contribution >= 4 is 6.21 Å². The van der Waals surface area contributed by atoms with Crippen LogP contribution in [0.15, 0.2) is 5.16 Å². The highest BCUT2D eigenvalue weighted by atomic mass is 16.6. The highest BCUT2D eigenvalue weighted by molar-refractivity contribution is 5.62. The van der Waals surface area contributed by atoms with Crippen molar-refractivity contribution < 1.29 is 4.84 Å². The number of rotatable bonds is 2. The monoisotopic (exact) mass is 317 g/mol. The smallest absolute Gasteiger partial charge is 0.106 e. The normalized spacial score (nSPS) is 52.7. The van der Waals surface area contributed by atoms with E-state index in [0.29, 0.717) is 16.7 Å². The van der Waals surface area contributed by atoms with Crippen molar-refractivity contribution in [2.75, 3.05) is 7.11 Å². The summed E-state index contributed by atoms with van der Waals surface area (Å²) in [5.74, 6) is 4.63. The fraction of sp³-hybridized carbons (Fsp3) is 0.952. The lowest BCUT2D eigenvalue weighted by Gasteiger charge is -2.60. The maximum atomic E-state index is 4.99. The summed E-state index contributed by atoms with van der Waals surface area (Å²) in [6, 6.07) is 0. The zero-order valence-electron chi connectivity index (χ0n) is 15.4. The molecule has 0 heterocycles.